The van der Waals surface area contributed by atoms with Gasteiger partial charge in [0.15, 0.2) is 5.78 Å². The minimum absolute atomic E-state index is 0.0709. The number of aromatic nitrogens is 2. The third-order valence-corrected chi connectivity index (χ3v) is 5.34. The number of benzene rings is 2. The zero-order chi connectivity index (χ0) is 24.7. The Bertz CT molecular complexity index is 1290. The summed E-state index contributed by atoms with van der Waals surface area (Å²) in [4.78, 5) is 41.4. The number of fused-ring (bicyclic) bond motifs is 1. The van der Waals surface area contributed by atoms with Gasteiger partial charge in [0.25, 0.3) is 5.56 Å². The first-order valence-electron chi connectivity index (χ1n) is 10.9. The molecule has 8 heteroatoms. The first-order valence-corrected chi connectivity index (χ1v) is 10.9. The molecule has 0 saturated carbocycles. The predicted molar refractivity (Wildman–Crippen MR) is 129 cm³/mol. The van der Waals surface area contributed by atoms with E-state index < -0.39 is 24.1 Å². The largest absolute Gasteiger partial charge is 0.508 e. The van der Waals surface area contributed by atoms with E-state index in [1.165, 1.54) is 13.8 Å². The Morgan fingerprint density at radius 3 is 2.38 bits per heavy atom. The second-order valence-corrected chi connectivity index (χ2v) is 7.90. The van der Waals surface area contributed by atoms with E-state index in [9.17, 15) is 19.5 Å². The Hall–Kier alpha value is -4.07. The summed E-state index contributed by atoms with van der Waals surface area (Å²) in [7, 11) is 0. The van der Waals surface area contributed by atoms with Gasteiger partial charge in [0.05, 0.1) is 23.0 Å². The van der Waals surface area contributed by atoms with E-state index in [1.54, 1.807) is 4.57 Å². The molecular formula is C26H27N3O5. The van der Waals surface area contributed by atoms with Crippen molar-refractivity contribution in [2.75, 3.05) is 6.61 Å². The third-order valence-electron chi connectivity index (χ3n) is 5.34. The van der Waals surface area contributed by atoms with Gasteiger partial charge in [-0.25, -0.2) is 4.98 Å². The first-order chi connectivity index (χ1) is 16.3. The topological polar surface area (TPSA) is 122 Å². The minimum atomic E-state index is -0.651. The average molecular weight is 462 g/mol. The molecule has 0 aliphatic rings. The maximum Gasteiger partial charge on any atom is 0.306 e. The number of ether oxygens (including phenoxy) is 1. The van der Waals surface area contributed by atoms with Gasteiger partial charge in [-0.1, -0.05) is 42.5 Å². The van der Waals surface area contributed by atoms with Crippen LogP contribution in [0.5, 0.6) is 0 Å². The molecule has 0 unspecified atom stereocenters. The molecule has 0 spiro atoms. The van der Waals surface area contributed by atoms with E-state index in [4.69, 9.17) is 10.1 Å². The van der Waals surface area contributed by atoms with Gasteiger partial charge in [0, 0.05) is 18.7 Å². The van der Waals surface area contributed by atoms with E-state index >= 15 is 0 Å². The van der Waals surface area contributed by atoms with Crippen LogP contribution in [-0.4, -0.2) is 38.7 Å². The number of nitrogens with zero attached hydrogens (tertiary/aromatic N) is 2. The van der Waals surface area contributed by atoms with E-state index in [2.05, 4.69) is 4.98 Å². The molecule has 0 bridgehead atoms. The Kier molecular flexibility index (Phi) is 8.08. The second-order valence-electron chi connectivity index (χ2n) is 7.90. The maximum absolute atomic E-state index is 13.2. The summed E-state index contributed by atoms with van der Waals surface area (Å²) in [6.45, 7) is 2.54. The molecule has 2 N–H and O–H groups in total. The zero-order valence-electron chi connectivity index (χ0n) is 19.2. The lowest BCUT2D eigenvalue weighted by Crippen LogP contribution is -2.27. The summed E-state index contributed by atoms with van der Waals surface area (Å²) < 4.78 is 6.71. The molecule has 1 aromatic heterocycles. The number of nitrogens with one attached hydrogen (secondary N) is 1. The number of esters is 1. The number of ketones is 1. The number of carbonyl (C=O) groups excluding carboxylic acids is 2. The fourth-order valence-electron chi connectivity index (χ4n) is 3.71. The normalized spacial score (nSPS) is 11.7. The number of allylic oxidation sites excluding steroid dienone is 1. The van der Waals surface area contributed by atoms with Crippen LogP contribution >= 0.6 is 0 Å². The van der Waals surface area contributed by atoms with Crippen molar-refractivity contribution in [3.05, 3.63) is 87.5 Å². The lowest BCUT2D eigenvalue weighted by Gasteiger charge is -2.12. The van der Waals surface area contributed by atoms with Gasteiger partial charge in [-0.15, -0.1) is 0 Å². The van der Waals surface area contributed by atoms with Gasteiger partial charge < -0.3 is 19.8 Å². The number of rotatable bonds is 10. The number of aryl methyl sites for hydroxylation is 3. The Labute approximate surface area is 197 Å². The number of para-hydroxylation sites is 2. The number of aliphatic hydroxyl groups is 1. The highest BCUT2D eigenvalue weighted by Crippen LogP contribution is 2.13. The van der Waals surface area contributed by atoms with Crippen molar-refractivity contribution in [3.63, 3.8) is 0 Å². The van der Waals surface area contributed by atoms with Gasteiger partial charge >= 0.3 is 5.97 Å². The molecule has 0 fully saturated rings. The van der Waals surface area contributed by atoms with E-state index in [0.717, 1.165) is 11.1 Å². The van der Waals surface area contributed by atoms with Crippen molar-refractivity contribution in [2.24, 2.45) is 0 Å². The van der Waals surface area contributed by atoms with Crippen molar-refractivity contribution < 1.29 is 19.4 Å². The maximum atomic E-state index is 13.2. The highest BCUT2D eigenvalue weighted by atomic mass is 16.5. The Morgan fingerprint density at radius 1 is 1.03 bits per heavy atom. The van der Waals surface area contributed by atoms with Crippen molar-refractivity contribution >= 4 is 28.5 Å². The van der Waals surface area contributed by atoms with Crippen LogP contribution in [0.1, 0.15) is 31.5 Å². The highest BCUT2D eigenvalue weighted by molar-refractivity contribution is 6.19. The zero-order valence-corrected chi connectivity index (χ0v) is 19.2. The molecule has 0 amide bonds. The minimum Gasteiger partial charge on any atom is -0.508 e. The highest BCUT2D eigenvalue weighted by Gasteiger charge is 2.17. The van der Waals surface area contributed by atoms with Crippen LogP contribution in [0.15, 0.2) is 70.7 Å². The van der Waals surface area contributed by atoms with Gasteiger partial charge in [-0.05, 0) is 38.0 Å². The van der Waals surface area contributed by atoms with Crippen LogP contribution in [0.2, 0.25) is 0 Å². The van der Waals surface area contributed by atoms with Crippen molar-refractivity contribution in [1.29, 1.82) is 5.41 Å². The van der Waals surface area contributed by atoms with Gasteiger partial charge in [0.2, 0.25) is 0 Å². The average Bonchev–Trinajstić information content (AvgIpc) is 2.81. The standard InChI is InChI=1S/C26H27N3O5/c1-17(27)25(18(2)30)23(31)16-34-24(32)13-12-21-26(33)29(15-14-19-8-4-3-5-9-19)22-11-7-6-10-20(22)28-21/h3-11,27,31H,12-16H2,1-2H3/b25-23-,27-17?. The Morgan fingerprint density at radius 2 is 1.71 bits per heavy atom. The van der Waals surface area contributed by atoms with Crippen LogP contribution in [-0.2, 0) is 33.7 Å². The Balaban J connectivity index is 1.74. The van der Waals surface area contributed by atoms with Crippen LogP contribution in [0.25, 0.3) is 11.0 Å². The molecular weight excluding hydrogens is 434 g/mol. The molecule has 0 aliphatic heterocycles. The summed E-state index contributed by atoms with van der Waals surface area (Å²) >= 11 is 0. The molecule has 0 aliphatic carbocycles. The SMILES string of the molecule is CC(=N)/C(C(C)=O)=C(/O)COC(=O)CCc1nc2ccccc2n(CCc2ccccc2)c1=O. The molecule has 0 radical (unpaired) electrons. The van der Waals surface area contributed by atoms with Crippen molar-refractivity contribution in [3.8, 4) is 0 Å². The lowest BCUT2D eigenvalue weighted by atomic mass is 10.1. The number of hydrogen-bond acceptors (Lipinski definition) is 7. The van der Waals surface area contributed by atoms with Gasteiger partial charge in [-0.3, -0.25) is 14.4 Å². The third kappa shape index (κ3) is 6.04. The summed E-state index contributed by atoms with van der Waals surface area (Å²) in [5.74, 6) is -1.61. The van der Waals surface area contributed by atoms with E-state index in [1.807, 2.05) is 54.6 Å². The molecule has 0 atom stereocenters. The molecule has 8 nitrogen and oxygen atoms in total. The molecule has 3 rings (SSSR count). The molecule has 2 aromatic carbocycles. The number of Topliss-reactive ketones (excluding diaryl/α,β-unsaturated/α-hetero) is 1. The number of hydrogen-bond donors (Lipinski definition) is 2. The molecule has 176 valence electrons. The van der Waals surface area contributed by atoms with Gasteiger partial charge in [-0.2, -0.15) is 0 Å². The summed E-state index contributed by atoms with van der Waals surface area (Å²) in [6, 6.07) is 17.2. The lowest BCUT2D eigenvalue weighted by molar-refractivity contribution is -0.143. The molecule has 34 heavy (non-hydrogen) atoms. The fourth-order valence-corrected chi connectivity index (χ4v) is 3.71. The van der Waals surface area contributed by atoms with Crippen LogP contribution in [0.4, 0.5) is 0 Å². The first kappa shape index (κ1) is 24.6. The molecule has 0 saturated heterocycles. The van der Waals surface area contributed by atoms with Crippen LogP contribution < -0.4 is 5.56 Å². The van der Waals surface area contributed by atoms with Crippen molar-refractivity contribution in [2.45, 2.75) is 39.7 Å². The monoisotopic (exact) mass is 461 g/mol. The molecule has 3 aromatic rings. The van der Waals surface area contributed by atoms with E-state index in [0.29, 0.717) is 18.5 Å². The number of aliphatic hydroxyl groups excluding tert-OH is 1. The quantitative estimate of drug-likeness (QED) is 0.206. The van der Waals surface area contributed by atoms with Crippen molar-refractivity contribution in [1.82, 2.24) is 9.55 Å². The summed E-state index contributed by atoms with van der Waals surface area (Å²) in [6.07, 6.45) is 0.625. The predicted octanol–water partition coefficient (Wildman–Crippen LogP) is 3.56. The van der Waals surface area contributed by atoms with Crippen LogP contribution in [0, 0.1) is 5.41 Å². The summed E-state index contributed by atoms with van der Waals surface area (Å²) in [5.41, 5.74) is 2.20. The number of carbonyl (C=O) groups is 2. The van der Waals surface area contributed by atoms with Crippen LogP contribution in [0.3, 0.4) is 0 Å². The molecule has 1 heterocycles. The van der Waals surface area contributed by atoms with E-state index in [-0.39, 0.29) is 35.4 Å². The smallest absolute Gasteiger partial charge is 0.306 e. The van der Waals surface area contributed by atoms with Gasteiger partial charge in [0.1, 0.15) is 18.1 Å². The summed E-state index contributed by atoms with van der Waals surface area (Å²) in [5, 5.41) is 17.6. The second kappa shape index (κ2) is 11.2. The fraction of sp³-hybridized carbons (Fsp3) is 0.269.